The molecule has 0 aliphatic carbocycles. The number of sulfone groups is 1. The minimum atomic E-state index is -4.67. The quantitative estimate of drug-likeness (QED) is 0.498. The summed E-state index contributed by atoms with van der Waals surface area (Å²) in [6.45, 7) is 1.08. The minimum absolute atomic E-state index is 0.0629. The third kappa shape index (κ3) is 4.97. The highest BCUT2D eigenvalue weighted by molar-refractivity contribution is 7.99. The van der Waals surface area contributed by atoms with Crippen molar-refractivity contribution >= 4 is 44.2 Å². The summed E-state index contributed by atoms with van der Waals surface area (Å²) >= 11 is 1.25. The first-order chi connectivity index (χ1) is 14.3. The lowest BCUT2D eigenvalue weighted by Gasteiger charge is -2.09. The average Bonchev–Trinajstić information content (AvgIpc) is 3.08. The molecule has 1 N–H and O–H groups in total. The van der Waals surface area contributed by atoms with Gasteiger partial charge in [0.15, 0.2) is 5.16 Å². The topological polar surface area (TPSA) is 90.3 Å². The lowest BCUT2D eigenvalue weighted by molar-refractivity contribution is -0.113. The van der Waals surface area contributed by atoms with E-state index in [1.807, 2.05) is 28.8 Å². The molecule has 1 heterocycles. The molecule has 3 aromatic rings. The van der Waals surface area contributed by atoms with E-state index in [2.05, 4.69) is 10.3 Å². The fourth-order valence-electron chi connectivity index (χ4n) is 2.72. The molecule has 2 aromatic carbocycles. The number of halogens is 2. The maximum Gasteiger partial charge on any atom is 0.341 e. The second-order valence-electron chi connectivity index (χ2n) is 6.19. The van der Waals surface area contributed by atoms with Crippen LogP contribution in [0.25, 0.3) is 11.0 Å². The normalized spacial score (nSPS) is 11.9. The van der Waals surface area contributed by atoms with Gasteiger partial charge >= 0.3 is 5.76 Å². The number of alkyl halides is 2. The molecule has 0 unspecified atom stereocenters. The zero-order chi connectivity index (χ0) is 21.7. The molecule has 0 fully saturated rings. The Hall–Kier alpha value is -2.50. The van der Waals surface area contributed by atoms with Gasteiger partial charge < -0.3 is 14.6 Å². The Labute approximate surface area is 176 Å². The lowest BCUT2D eigenvalue weighted by Crippen LogP contribution is -2.15. The van der Waals surface area contributed by atoms with E-state index >= 15 is 0 Å². The highest BCUT2D eigenvalue weighted by atomic mass is 32.2. The smallest absolute Gasteiger partial charge is 0.341 e. The average molecular weight is 456 g/mol. The van der Waals surface area contributed by atoms with Gasteiger partial charge in [0.1, 0.15) is 0 Å². The molecule has 0 bridgehead atoms. The molecule has 0 saturated heterocycles. The van der Waals surface area contributed by atoms with Gasteiger partial charge in [0, 0.05) is 19.3 Å². The Morgan fingerprint density at radius 1 is 1.20 bits per heavy atom. The number of aromatic nitrogens is 2. The van der Waals surface area contributed by atoms with Crippen molar-refractivity contribution in [3.8, 4) is 0 Å². The highest BCUT2D eigenvalue weighted by Gasteiger charge is 2.26. The molecule has 7 nitrogen and oxygen atoms in total. The SMILES string of the molecule is COCCn1c(SCC(=O)Nc2ccc(S(=O)(=O)C(F)F)cc2)nc2ccccc21. The Bertz CT molecular complexity index is 1130. The van der Waals surface area contributed by atoms with Gasteiger partial charge in [-0.15, -0.1) is 0 Å². The summed E-state index contributed by atoms with van der Waals surface area (Å²) in [5.74, 6) is -3.77. The van der Waals surface area contributed by atoms with E-state index in [1.54, 1.807) is 7.11 Å². The summed E-state index contributed by atoms with van der Waals surface area (Å²) in [5, 5.41) is 3.28. The first kappa shape index (κ1) is 22.2. The summed E-state index contributed by atoms with van der Waals surface area (Å²) in [4.78, 5) is 16.3. The van der Waals surface area contributed by atoms with Crippen LogP contribution in [0.2, 0.25) is 0 Å². The molecule has 0 atom stereocenters. The van der Waals surface area contributed by atoms with Crippen molar-refractivity contribution in [2.45, 2.75) is 22.4 Å². The van der Waals surface area contributed by atoms with E-state index in [-0.39, 0.29) is 11.7 Å². The molecule has 0 spiro atoms. The molecule has 30 heavy (non-hydrogen) atoms. The lowest BCUT2D eigenvalue weighted by atomic mass is 10.3. The molecule has 160 valence electrons. The Balaban J connectivity index is 1.66. The van der Waals surface area contributed by atoms with Crippen LogP contribution in [-0.4, -0.2) is 49.1 Å². The summed E-state index contributed by atoms with van der Waals surface area (Å²) < 4.78 is 55.2. The molecule has 0 saturated carbocycles. The largest absolute Gasteiger partial charge is 0.383 e. The summed E-state index contributed by atoms with van der Waals surface area (Å²) in [6, 6.07) is 12.2. The monoisotopic (exact) mass is 455 g/mol. The van der Waals surface area contributed by atoms with Crippen LogP contribution < -0.4 is 5.32 Å². The fourth-order valence-corrected chi connectivity index (χ4v) is 4.28. The zero-order valence-electron chi connectivity index (χ0n) is 15.9. The van der Waals surface area contributed by atoms with Crippen molar-refractivity contribution in [1.29, 1.82) is 0 Å². The van der Waals surface area contributed by atoms with Crippen molar-refractivity contribution in [1.82, 2.24) is 9.55 Å². The number of carbonyl (C=O) groups excluding carboxylic acids is 1. The second-order valence-corrected chi connectivity index (χ2v) is 9.05. The van der Waals surface area contributed by atoms with Gasteiger partial charge in [0.25, 0.3) is 0 Å². The van der Waals surface area contributed by atoms with Gasteiger partial charge in [0.05, 0.1) is 28.3 Å². The van der Waals surface area contributed by atoms with Gasteiger partial charge in [0.2, 0.25) is 15.7 Å². The first-order valence-corrected chi connectivity index (χ1v) is 11.3. The second kappa shape index (κ2) is 9.54. The number of hydrogen-bond acceptors (Lipinski definition) is 6. The van der Waals surface area contributed by atoms with Crippen molar-refractivity contribution in [3.05, 3.63) is 48.5 Å². The maximum atomic E-state index is 12.6. The Morgan fingerprint density at radius 3 is 2.57 bits per heavy atom. The van der Waals surface area contributed by atoms with Crippen molar-refractivity contribution in [3.63, 3.8) is 0 Å². The molecule has 3 rings (SSSR count). The summed E-state index contributed by atoms with van der Waals surface area (Å²) in [7, 11) is -3.06. The van der Waals surface area contributed by atoms with Crippen LogP contribution in [0.4, 0.5) is 14.5 Å². The van der Waals surface area contributed by atoms with E-state index in [1.165, 1.54) is 23.9 Å². The molecule has 11 heteroatoms. The number of para-hydroxylation sites is 2. The molecule has 0 radical (unpaired) electrons. The molecular weight excluding hydrogens is 436 g/mol. The van der Waals surface area contributed by atoms with Crippen molar-refractivity contribution in [2.24, 2.45) is 0 Å². The molecule has 1 amide bonds. The number of nitrogens with zero attached hydrogens (tertiary/aromatic N) is 2. The van der Waals surface area contributed by atoms with Crippen molar-refractivity contribution < 1.29 is 26.7 Å². The molecular formula is C19H19F2N3O4S2. The van der Waals surface area contributed by atoms with Crippen LogP contribution in [0.5, 0.6) is 0 Å². The predicted octanol–water partition coefficient (Wildman–Crippen LogP) is 3.41. The van der Waals surface area contributed by atoms with E-state index in [0.717, 1.165) is 23.2 Å². The Morgan fingerprint density at radius 2 is 1.90 bits per heavy atom. The molecule has 1 aromatic heterocycles. The first-order valence-electron chi connectivity index (χ1n) is 8.82. The van der Waals surface area contributed by atoms with Crippen LogP contribution >= 0.6 is 11.8 Å². The number of anilines is 1. The minimum Gasteiger partial charge on any atom is -0.383 e. The highest BCUT2D eigenvalue weighted by Crippen LogP contribution is 2.25. The molecule has 0 aliphatic heterocycles. The van der Waals surface area contributed by atoms with Crippen molar-refractivity contribution in [2.75, 3.05) is 24.8 Å². The third-order valence-electron chi connectivity index (χ3n) is 4.17. The Kier molecular flexibility index (Phi) is 7.06. The number of amides is 1. The number of rotatable bonds is 9. The number of nitrogens with one attached hydrogen (secondary N) is 1. The number of imidazole rings is 1. The van der Waals surface area contributed by atoms with Gasteiger partial charge in [-0.2, -0.15) is 8.78 Å². The third-order valence-corrected chi connectivity index (χ3v) is 6.55. The van der Waals surface area contributed by atoms with Crippen LogP contribution in [0.15, 0.2) is 58.6 Å². The predicted molar refractivity (Wildman–Crippen MR) is 111 cm³/mol. The van der Waals surface area contributed by atoms with E-state index in [9.17, 15) is 22.0 Å². The summed E-state index contributed by atoms with van der Waals surface area (Å²) in [6.07, 6.45) is 0. The summed E-state index contributed by atoms with van der Waals surface area (Å²) in [5.41, 5.74) is 2.06. The van der Waals surface area contributed by atoms with Crippen LogP contribution in [0.1, 0.15) is 0 Å². The van der Waals surface area contributed by atoms with E-state index < -0.39 is 20.5 Å². The van der Waals surface area contributed by atoms with Crippen LogP contribution in [0, 0.1) is 0 Å². The van der Waals surface area contributed by atoms with Gasteiger partial charge in [-0.1, -0.05) is 23.9 Å². The standard InChI is InChI=1S/C19H19F2N3O4S2/c1-28-11-10-24-16-5-3-2-4-15(16)23-19(24)29-12-17(25)22-13-6-8-14(9-7-13)30(26,27)18(20)21/h2-9,18H,10-12H2,1H3,(H,22,25). The van der Waals surface area contributed by atoms with Gasteiger partial charge in [-0.25, -0.2) is 13.4 Å². The van der Waals surface area contributed by atoms with Crippen LogP contribution in [-0.2, 0) is 25.9 Å². The number of hydrogen-bond donors (Lipinski definition) is 1. The fraction of sp³-hybridized carbons (Fsp3) is 0.263. The maximum absolute atomic E-state index is 12.6. The number of benzene rings is 2. The number of carbonyl (C=O) groups is 1. The van der Waals surface area contributed by atoms with E-state index in [4.69, 9.17) is 4.74 Å². The van der Waals surface area contributed by atoms with E-state index in [0.29, 0.717) is 24.0 Å². The number of thioether (sulfide) groups is 1. The number of fused-ring (bicyclic) bond motifs is 1. The van der Waals surface area contributed by atoms with Crippen LogP contribution in [0.3, 0.4) is 0 Å². The number of ether oxygens (including phenoxy) is 1. The van der Waals surface area contributed by atoms with Gasteiger partial charge in [-0.3, -0.25) is 4.79 Å². The molecule has 0 aliphatic rings. The van der Waals surface area contributed by atoms with Gasteiger partial charge in [-0.05, 0) is 36.4 Å². The number of methoxy groups -OCH3 is 1. The zero-order valence-corrected chi connectivity index (χ0v) is 17.6.